The van der Waals surface area contributed by atoms with Gasteiger partial charge >= 0.3 is 5.97 Å². The molecule has 11 nitrogen and oxygen atoms in total. The lowest BCUT2D eigenvalue weighted by Crippen LogP contribution is -2.48. The lowest BCUT2D eigenvalue weighted by Gasteiger charge is -2.34. The van der Waals surface area contributed by atoms with Gasteiger partial charge in [-0.05, 0) is 36.2 Å². The third kappa shape index (κ3) is 4.56. The Hall–Kier alpha value is -4.17. The number of rotatable bonds is 6. The number of aromatic nitrogens is 2. The van der Waals surface area contributed by atoms with E-state index in [-0.39, 0.29) is 54.4 Å². The molecule has 0 saturated carbocycles. The zero-order valence-corrected chi connectivity index (χ0v) is 25.6. The zero-order valence-electron chi connectivity index (χ0n) is 24.7. The standard InChI is InChI=1S/C32H31FN4O7S/c1-3-32(40)24-14-27-29-22(17-37(27)30(38)23(24)18-44-31(32)39)21(20-13-28(43-2)25(33)15-26(20)34-29)16-35-9-11-36(12-10-35)45(41,42)19-7-5-4-6-8-19/h4-8,13-15,40H,3,9-12,16-18H2,1-2H3/t32-/m0/s1. The minimum Gasteiger partial charge on any atom is -0.494 e. The number of hydrogen-bond acceptors (Lipinski definition) is 9. The second-order valence-corrected chi connectivity index (χ2v) is 13.5. The van der Waals surface area contributed by atoms with E-state index in [1.165, 1.54) is 17.5 Å². The SMILES string of the molecule is CC[C@@]1(O)C(=O)OCc2c1cc1n(c2=O)Cc2c-1nc1cc(F)c(OC)cc1c2CN1CCN(S(=O)(=O)c2ccccc2)CC1. The van der Waals surface area contributed by atoms with Gasteiger partial charge in [0.1, 0.15) is 6.61 Å². The van der Waals surface area contributed by atoms with E-state index in [0.29, 0.717) is 41.9 Å². The molecule has 0 spiro atoms. The van der Waals surface area contributed by atoms with Crippen LogP contribution in [0.15, 0.2) is 58.2 Å². The molecule has 0 amide bonds. The number of sulfonamides is 1. The van der Waals surface area contributed by atoms with Crippen LogP contribution < -0.4 is 10.3 Å². The lowest BCUT2D eigenvalue weighted by atomic mass is 9.86. The molecule has 1 fully saturated rings. The Morgan fingerprint density at radius 2 is 1.80 bits per heavy atom. The third-order valence-electron chi connectivity index (χ3n) is 9.17. The summed E-state index contributed by atoms with van der Waals surface area (Å²) in [7, 11) is -2.25. The molecule has 234 valence electrons. The number of cyclic esters (lactones) is 1. The predicted molar refractivity (Wildman–Crippen MR) is 162 cm³/mol. The Bertz CT molecular complexity index is 2040. The number of aliphatic hydroxyl groups is 1. The van der Waals surface area contributed by atoms with Crippen molar-refractivity contribution >= 4 is 26.9 Å². The number of carbonyl (C=O) groups is 1. The van der Waals surface area contributed by atoms with Crippen molar-refractivity contribution in [3.05, 3.63) is 87.0 Å². The highest BCUT2D eigenvalue weighted by Crippen LogP contribution is 2.41. The Kier molecular flexibility index (Phi) is 7.04. The minimum absolute atomic E-state index is 0.0158. The molecule has 0 aliphatic carbocycles. The number of hydrogen-bond donors (Lipinski definition) is 1. The van der Waals surface area contributed by atoms with Gasteiger partial charge in [-0.25, -0.2) is 22.6 Å². The summed E-state index contributed by atoms with van der Waals surface area (Å²) in [5.74, 6) is -1.35. The average molecular weight is 635 g/mol. The fraction of sp³-hybridized carbons (Fsp3) is 0.344. The van der Waals surface area contributed by atoms with Crippen molar-refractivity contribution in [1.29, 1.82) is 0 Å². The molecule has 0 radical (unpaired) electrons. The van der Waals surface area contributed by atoms with Gasteiger partial charge < -0.3 is 19.1 Å². The Morgan fingerprint density at radius 1 is 1.07 bits per heavy atom. The number of nitrogens with zero attached hydrogens (tertiary/aromatic N) is 4. The van der Waals surface area contributed by atoms with Gasteiger partial charge in [-0.3, -0.25) is 9.69 Å². The molecule has 1 atom stereocenters. The van der Waals surface area contributed by atoms with Crippen LogP contribution in [0.25, 0.3) is 22.3 Å². The first kappa shape index (κ1) is 29.5. The van der Waals surface area contributed by atoms with Crippen molar-refractivity contribution in [2.45, 2.75) is 43.5 Å². The molecule has 13 heteroatoms. The number of ether oxygens (including phenoxy) is 2. The maximum atomic E-state index is 15.0. The van der Waals surface area contributed by atoms with Crippen LogP contribution in [-0.4, -0.2) is 71.5 Å². The summed E-state index contributed by atoms with van der Waals surface area (Å²) in [6.07, 6.45) is 0.0158. The number of halogens is 1. The van der Waals surface area contributed by atoms with Crippen LogP contribution in [0.4, 0.5) is 4.39 Å². The van der Waals surface area contributed by atoms with E-state index in [4.69, 9.17) is 14.5 Å². The molecule has 1 N–H and O–H groups in total. The molecule has 0 bridgehead atoms. The summed E-state index contributed by atoms with van der Waals surface area (Å²) in [6.45, 7) is 3.44. The largest absolute Gasteiger partial charge is 0.494 e. The van der Waals surface area contributed by atoms with E-state index in [1.807, 2.05) is 0 Å². The van der Waals surface area contributed by atoms with Crippen LogP contribution in [0.1, 0.15) is 35.6 Å². The van der Waals surface area contributed by atoms with Gasteiger partial charge in [0.2, 0.25) is 10.0 Å². The van der Waals surface area contributed by atoms with Crippen LogP contribution in [0.3, 0.4) is 0 Å². The molecule has 5 heterocycles. The molecule has 2 aromatic heterocycles. The van der Waals surface area contributed by atoms with Gasteiger partial charge in [0.25, 0.3) is 5.56 Å². The van der Waals surface area contributed by atoms with Gasteiger partial charge in [0.05, 0.1) is 41.0 Å². The third-order valence-corrected chi connectivity index (χ3v) is 11.1. The average Bonchev–Trinajstić information content (AvgIpc) is 3.42. The van der Waals surface area contributed by atoms with Crippen molar-refractivity contribution in [3.63, 3.8) is 0 Å². The molecule has 4 aromatic rings. The fourth-order valence-corrected chi connectivity index (χ4v) is 8.04. The van der Waals surface area contributed by atoms with Crippen molar-refractivity contribution in [2.24, 2.45) is 0 Å². The summed E-state index contributed by atoms with van der Waals surface area (Å²) >= 11 is 0. The molecular weight excluding hydrogens is 603 g/mol. The first-order chi connectivity index (χ1) is 21.6. The highest BCUT2D eigenvalue weighted by Gasteiger charge is 2.45. The fourth-order valence-electron chi connectivity index (χ4n) is 6.59. The minimum atomic E-state index is -3.64. The molecule has 45 heavy (non-hydrogen) atoms. The monoisotopic (exact) mass is 634 g/mol. The number of benzene rings is 2. The highest BCUT2D eigenvalue weighted by atomic mass is 32.2. The van der Waals surface area contributed by atoms with Crippen molar-refractivity contribution in [3.8, 4) is 17.1 Å². The maximum absolute atomic E-state index is 15.0. The van der Waals surface area contributed by atoms with Crippen LogP contribution in [0, 0.1) is 5.82 Å². The molecule has 3 aliphatic heterocycles. The summed E-state index contributed by atoms with van der Waals surface area (Å²) in [5, 5.41) is 11.9. The normalized spacial score (nSPS) is 20.0. The first-order valence-electron chi connectivity index (χ1n) is 14.7. The first-order valence-corrected chi connectivity index (χ1v) is 16.1. The molecular formula is C32H31FN4O7S. The molecule has 0 unspecified atom stereocenters. The number of methoxy groups -OCH3 is 1. The van der Waals surface area contributed by atoms with Crippen molar-refractivity contribution < 1.29 is 32.2 Å². The van der Waals surface area contributed by atoms with E-state index < -0.39 is 33.0 Å². The van der Waals surface area contributed by atoms with E-state index in [1.54, 1.807) is 54.0 Å². The van der Waals surface area contributed by atoms with Gasteiger partial charge in [-0.15, -0.1) is 0 Å². The van der Waals surface area contributed by atoms with Crippen LogP contribution in [-0.2, 0) is 44.9 Å². The van der Waals surface area contributed by atoms with E-state index in [0.717, 1.165) is 11.1 Å². The number of piperazine rings is 1. The quantitative estimate of drug-likeness (QED) is 0.280. The van der Waals surface area contributed by atoms with Crippen LogP contribution >= 0.6 is 0 Å². The summed E-state index contributed by atoms with van der Waals surface area (Å²) in [4.78, 5) is 33.5. The van der Waals surface area contributed by atoms with E-state index >= 15 is 0 Å². The van der Waals surface area contributed by atoms with Crippen molar-refractivity contribution in [2.75, 3.05) is 33.3 Å². The molecule has 1 saturated heterocycles. The molecule has 3 aliphatic rings. The second-order valence-electron chi connectivity index (χ2n) is 11.5. The summed E-state index contributed by atoms with van der Waals surface area (Å²) in [5.41, 5.74) is 0.862. The highest BCUT2D eigenvalue weighted by molar-refractivity contribution is 7.89. The Labute approximate surface area is 258 Å². The number of pyridine rings is 2. The van der Waals surface area contributed by atoms with E-state index in [9.17, 15) is 27.5 Å². The van der Waals surface area contributed by atoms with Gasteiger partial charge in [-0.2, -0.15) is 4.31 Å². The molecule has 2 aromatic carbocycles. The van der Waals surface area contributed by atoms with E-state index in [2.05, 4.69) is 4.90 Å². The zero-order chi connectivity index (χ0) is 31.7. The number of carbonyl (C=O) groups excluding carboxylic acids is 1. The Morgan fingerprint density at radius 3 is 2.49 bits per heavy atom. The summed E-state index contributed by atoms with van der Waals surface area (Å²) in [6, 6.07) is 12.9. The van der Waals surface area contributed by atoms with Gasteiger partial charge in [0, 0.05) is 55.3 Å². The van der Waals surface area contributed by atoms with Crippen molar-refractivity contribution in [1.82, 2.24) is 18.8 Å². The summed E-state index contributed by atoms with van der Waals surface area (Å²) < 4.78 is 54.9. The smallest absolute Gasteiger partial charge is 0.343 e. The second kappa shape index (κ2) is 10.7. The predicted octanol–water partition coefficient (Wildman–Crippen LogP) is 2.73. The lowest BCUT2D eigenvalue weighted by molar-refractivity contribution is -0.172. The maximum Gasteiger partial charge on any atom is 0.343 e. The number of esters is 1. The topological polar surface area (TPSA) is 131 Å². The Balaban J connectivity index is 1.30. The van der Waals surface area contributed by atoms with Gasteiger partial charge in [0.15, 0.2) is 17.2 Å². The van der Waals surface area contributed by atoms with Gasteiger partial charge in [-0.1, -0.05) is 25.1 Å². The molecule has 7 rings (SSSR count). The number of fused-ring (bicyclic) bond motifs is 5. The van der Waals surface area contributed by atoms with Crippen LogP contribution in [0.2, 0.25) is 0 Å². The van der Waals surface area contributed by atoms with Crippen LogP contribution in [0.5, 0.6) is 5.75 Å².